The summed E-state index contributed by atoms with van der Waals surface area (Å²) in [7, 11) is 0. The second-order valence-corrected chi connectivity index (χ2v) is 3.80. The molecule has 17 heavy (non-hydrogen) atoms. The van der Waals surface area contributed by atoms with E-state index >= 15 is 0 Å². The lowest BCUT2D eigenvalue weighted by atomic mass is 10.2. The number of hydrogen-bond acceptors (Lipinski definition) is 3. The molecule has 0 saturated carbocycles. The first-order valence-electron chi connectivity index (χ1n) is 5.69. The van der Waals surface area contributed by atoms with Gasteiger partial charge in [0.2, 0.25) is 0 Å². The molecule has 0 aliphatic rings. The topological polar surface area (TPSA) is 34.1 Å². The molecule has 0 saturated heterocycles. The number of pyridine rings is 1. The van der Waals surface area contributed by atoms with Crippen LogP contribution in [0.5, 0.6) is 5.75 Å². The highest BCUT2D eigenvalue weighted by atomic mass is 16.5. The summed E-state index contributed by atoms with van der Waals surface area (Å²) in [6.07, 6.45) is 1.77. The van der Waals surface area contributed by atoms with Crippen molar-refractivity contribution in [3.05, 3.63) is 54.2 Å². The molecule has 0 aliphatic carbocycles. The molecule has 1 heterocycles. The van der Waals surface area contributed by atoms with Gasteiger partial charge >= 0.3 is 0 Å². The molecule has 0 radical (unpaired) electrons. The molecule has 0 fully saturated rings. The minimum atomic E-state index is 0.625. The van der Waals surface area contributed by atoms with E-state index in [9.17, 15) is 0 Å². The van der Waals surface area contributed by atoms with Crippen molar-refractivity contribution >= 4 is 5.82 Å². The van der Waals surface area contributed by atoms with Crippen LogP contribution in [0.15, 0.2) is 48.7 Å². The smallest absolute Gasteiger partial charge is 0.125 e. The van der Waals surface area contributed by atoms with Crippen molar-refractivity contribution in [1.29, 1.82) is 0 Å². The molecule has 1 N–H and O–H groups in total. The van der Waals surface area contributed by atoms with Crippen LogP contribution in [-0.4, -0.2) is 18.1 Å². The number of ether oxygens (including phenoxy) is 1. The van der Waals surface area contributed by atoms with Gasteiger partial charge in [-0.1, -0.05) is 23.8 Å². The highest BCUT2D eigenvalue weighted by molar-refractivity contribution is 5.33. The van der Waals surface area contributed by atoms with Crippen molar-refractivity contribution in [2.24, 2.45) is 0 Å². The molecule has 0 atom stereocenters. The highest BCUT2D eigenvalue weighted by Crippen LogP contribution is 2.11. The summed E-state index contributed by atoms with van der Waals surface area (Å²) in [6.45, 7) is 3.43. The normalized spacial score (nSPS) is 9.94. The predicted molar refractivity (Wildman–Crippen MR) is 69.4 cm³/mol. The van der Waals surface area contributed by atoms with E-state index in [-0.39, 0.29) is 0 Å². The second kappa shape index (κ2) is 5.89. The van der Waals surface area contributed by atoms with E-state index in [0.29, 0.717) is 6.61 Å². The summed E-state index contributed by atoms with van der Waals surface area (Å²) in [5.74, 6) is 1.78. The van der Waals surface area contributed by atoms with Gasteiger partial charge in [0.1, 0.15) is 18.2 Å². The van der Waals surface area contributed by atoms with Gasteiger partial charge in [-0.2, -0.15) is 0 Å². The fourth-order valence-electron chi connectivity index (χ4n) is 1.45. The van der Waals surface area contributed by atoms with Crippen molar-refractivity contribution in [2.45, 2.75) is 6.92 Å². The Morgan fingerprint density at radius 2 is 1.94 bits per heavy atom. The zero-order valence-corrected chi connectivity index (χ0v) is 9.89. The Balaban J connectivity index is 1.71. The fraction of sp³-hybridized carbons (Fsp3) is 0.214. The quantitative estimate of drug-likeness (QED) is 0.799. The lowest BCUT2D eigenvalue weighted by molar-refractivity contribution is 0.332. The molecule has 3 heteroatoms. The minimum absolute atomic E-state index is 0.625. The van der Waals surface area contributed by atoms with Gasteiger partial charge in [-0.05, 0) is 31.2 Å². The third-order valence-electron chi connectivity index (χ3n) is 2.36. The second-order valence-electron chi connectivity index (χ2n) is 3.80. The first kappa shape index (κ1) is 11.5. The summed E-state index contributed by atoms with van der Waals surface area (Å²) < 4.78 is 5.59. The Morgan fingerprint density at radius 3 is 2.65 bits per heavy atom. The third kappa shape index (κ3) is 3.79. The number of nitrogens with one attached hydrogen (secondary N) is 1. The third-order valence-corrected chi connectivity index (χ3v) is 2.36. The largest absolute Gasteiger partial charge is 0.492 e. The molecule has 1 aromatic heterocycles. The van der Waals surface area contributed by atoms with Crippen LogP contribution in [0, 0.1) is 6.92 Å². The zero-order valence-electron chi connectivity index (χ0n) is 9.89. The SMILES string of the molecule is Cc1ccc(OCCNc2ccccn2)cc1. The number of rotatable bonds is 5. The molecule has 0 amide bonds. The van der Waals surface area contributed by atoms with Crippen LogP contribution >= 0.6 is 0 Å². The van der Waals surface area contributed by atoms with Crippen LogP contribution < -0.4 is 10.1 Å². The summed E-state index contributed by atoms with van der Waals surface area (Å²) in [4.78, 5) is 4.17. The first-order valence-corrected chi connectivity index (χ1v) is 5.69. The van der Waals surface area contributed by atoms with E-state index in [1.807, 2.05) is 42.5 Å². The summed E-state index contributed by atoms with van der Waals surface area (Å²) in [6, 6.07) is 13.8. The average Bonchev–Trinajstić information content (AvgIpc) is 2.38. The molecule has 88 valence electrons. The van der Waals surface area contributed by atoms with E-state index in [2.05, 4.69) is 17.2 Å². The van der Waals surface area contributed by atoms with Gasteiger partial charge in [0.15, 0.2) is 0 Å². The Kier molecular flexibility index (Phi) is 3.97. The standard InChI is InChI=1S/C14H16N2O/c1-12-5-7-13(8-6-12)17-11-10-16-14-4-2-3-9-15-14/h2-9H,10-11H2,1H3,(H,15,16). The van der Waals surface area contributed by atoms with E-state index < -0.39 is 0 Å². The number of nitrogens with zero attached hydrogens (tertiary/aromatic N) is 1. The van der Waals surface area contributed by atoms with Gasteiger partial charge in [0.05, 0.1) is 6.54 Å². The molecule has 2 aromatic rings. The molecule has 0 aliphatic heterocycles. The van der Waals surface area contributed by atoms with Gasteiger partial charge in [-0.15, -0.1) is 0 Å². The van der Waals surface area contributed by atoms with Gasteiger partial charge in [0.25, 0.3) is 0 Å². The molecule has 0 bridgehead atoms. The van der Waals surface area contributed by atoms with Crippen molar-refractivity contribution in [2.75, 3.05) is 18.5 Å². The number of aryl methyl sites for hydroxylation is 1. The Hall–Kier alpha value is -2.03. The van der Waals surface area contributed by atoms with Crippen LogP contribution in [0.2, 0.25) is 0 Å². The summed E-state index contributed by atoms with van der Waals surface area (Å²) in [5.41, 5.74) is 1.24. The molecule has 0 spiro atoms. The van der Waals surface area contributed by atoms with Crippen molar-refractivity contribution in [3.8, 4) is 5.75 Å². The maximum atomic E-state index is 5.59. The molecular formula is C14H16N2O. The average molecular weight is 228 g/mol. The molecule has 0 unspecified atom stereocenters. The van der Waals surface area contributed by atoms with Crippen LogP contribution in [-0.2, 0) is 0 Å². The Labute approximate surface area is 101 Å². The lowest BCUT2D eigenvalue weighted by Crippen LogP contribution is -2.12. The zero-order chi connectivity index (χ0) is 11.9. The highest BCUT2D eigenvalue weighted by Gasteiger charge is 1.94. The van der Waals surface area contributed by atoms with E-state index in [4.69, 9.17) is 4.74 Å². The van der Waals surface area contributed by atoms with Crippen LogP contribution in [0.25, 0.3) is 0 Å². The first-order chi connectivity index (χ1) is 8.34. The monoisotopic (exact) mass is 228 g/mol. The lowest BCUT2D eigenvalue weighted by Gasteiger charge is -2.07. The van der Waals surface area contributed by atoms with Gasteiger partial charge < -0.3 is 10.1 Å². The van der Waals surface area contributed by atoms with Crippen LogP contribution in [0.4, 0.5) is 5.82 Å². The van der Waals surface area contributed by atoms with Gasteiger partial charge in [-0.3, -0.25) is 0 Å². The van der Waals surface area contributed by atoms with Crippen LogP contribution in [0.3, 0.4) is 0 Å². The number of anilines is 1. The van der Waals surface area contributed by atoms with E-state index in [0.717, 1.165) is 18.1 Å². The summed E-state index contributed by atoms with van der Waals surface area (Å²) >= 11 is 0. The summed E-state index contributed by atoms with van der Waals surface area (Å²) in [5, 5.41) is 3.19. The Bertz CT molecular complexity index is 440. The van der Waals surface area contributed by atoms with Crippen LogP contribution in [0.1, 0.15) is 5.56 Å². The van der Waals surface area contributed by atoms with Crippen molar-refractivity contribution in [1.82, 2.24) is 4.98 Å². The minimum Gasteiger partial charge on any atom is -0.492 e. The molecular weight excluding hydrogens is 212 g/mol. The number of benzene rings is 1. The van der Waals surface area contributed by atoms with E-state index in [1.54, 1.807) is 6.20 Å². The molecule has 3 nitrogen and oxygen atoms in total. The van der Waals surface area contributed by atoms with E-state index in [1.165, 1.54) is 5.56 Å². The fourth-order valence-corrected chi connectivity index (χ4v) is 1.45. The maximum Gasteiger partial charge on any atom is 0.125 e. The molecule has 2 rings (SSSR count). The number of aromatic nitrogens is 1. The van der Waals surface area contributed by atoms with Crippen molar-refractivity contribution in [3.63, 3.8) is 0 Å². The van der Waals surface area contributed by atoms with Crippen molar-refractivity contribution < 1.29 is 4.74 Å². The predicted octanol–water partition coefficient (Wildman–Crippen LogP) is 2.88. The maximum absolute atomic E-state index is 5.59. The molecule has 1 aromatic carbocycles. The Morgan fingerprint density at radius 1 is 1.12 bits per heavy atom. The van der Waals surface area contributed by atoms with Gasteiger partial charge in [0, 0.05) is 6.20 Å². The number of hydrogen-bond donors (Lipinski definition) is 1. The van der Waals surface area contributed by atoms with Gasteiger partial charge in [-0.25, -0.2) is 4.98 Å².